The van der Waals surface area contributed by atoms with Crippen LogP contribution in [-0.4, -0.2) is 0 Å². The lowest BCUT2D eigenvalue weighted by Gasteiger charge is -2.30. The predicted molar refractivity (Wildman–Crippen MR) is 227 cm³/mol. The number of hydrogen-bond acceptors (Lipinski definition) is 3. The third-order valence-corrected chi connectivity index (χ3v) is 10.9. The monoisotopic (exact) mass is 726 g/mol. The number of para-hydroxylation sites is 1. The summed E-state index contributed by atoms with van der Waals surface area (Å²) in [6.07, 6.45) is 0. The third-order valence-electron chi connectivity index (χ3n) is 10.1. The molecule has 53 heavy (non-hydrogen) atoms. The van der Waals surface area contributed by atoms with E-state index >= 15 is 0 Å². The van der Waals surface area contributed by atoms with E-state index < -0.39 is 0 Å². The first-order chi connectivity index (χ1) is 25.7. The Morgan fingerprint density at radius 2 is 1.00 bits per heavy atom. The second kappa shape index (κ2) is 13.0. The number of rotatable bonds is 6. The minimum atomic E-state index is 0.0179. The van der Waals surface area contributed by atoms with E-state index in [0.29, 0.717) is 10.0 Å². The van der Waals surface area contributed by atoms with Crippen molar-refractivity contribution >= 4 is 101 Å². The Balaban J connectivity index is 1.27. The van der Waals surface area contributed by atoms with E-state index in [4.69, 9.17) is 27.6 Å². The summed E-state index contributed by atoms with van der Waals surface area (Å²) in [5.41, 5.74) is 8.77. The molecule has 0 bridgehead atoms. The van der Waals surface area contributed by atoms with E-state index in [1.165, 1.54) is 27.1 Å². The lowest BCUT2D eigenvalue weighted by Crippen LogP contribution is -2.14. The molecule has 0 amide bonds. The van der Waals surface area contributed by atoms with Crippen LogP contribution in [0.2, 0.25) is 10.0 Å². The fourth-order valence-corrected chi connectivity index (χ4v) is 7.78. The molecule has 8 aromatic carbocycles. The molecule has 1 aromatic heterocycles. The smallest absolute Gasteiger partial charge is 0.135 e. The van der Waals surface area contributed by atoms with Crippen molar-refractivity contribution in [2.24, 2.45) is 0 Å². The molecule has 0 saturated heterocycles. The van der Waals surface area contributed by atoms with Gasteiger partial charge in [0.25, 0.3) is 0 Å². The van der Waals surface area contributed by atoms with Gasteiger partial charge >= 0.3 is 0 Å². The van der Waals surface area contributed by atoms with Gasteiger partial charge in [-0.15, -0.1) is 0 Å². The van der Waals surface area contributed by atoms with E-state index in [9.17, 15) is 0 Å². The highest BCUT2D eigenvalue weighted by molar-refractivity contribution is 6.44. The minimum Gasteiger partial charge on any atom is -0.456 e. The molecule has 9 aromatic rings. The summed E-state index contributed by atoms with van der Waals surface area (Å²) in [6, 6.07) is 57.5. The van der Waals surface area contributed by atoms with Crippen molar-refractivity contribution in [3.05, 3.63) is 179 Å². The largest absolute Gasteiger partial charge is 0.456 e. The fourth-order valence-electron chi connectivity index (χ4n) is 7.40. The number of hydrogen-bond donors (Lipinski definition) is 0. The van der Waals surface area contributed by atoms with Gasteiger partial charge in [-0.1, -0.05) is 129 Å². The highest BCUT2D eigenvalue weighted by atomic mass is 35.5. The van der Waals surface area contributed by atoms with Crippen LogP contribution >= 0.6 is 23.2 Å². The molecular weight excluding hydrogens is 691 g/mol. The van der Waals surface area contributed by atoms with Gasteiger partial charge in [0.05, 0.1) is 15.7 Å². The highest BCUT2D eigenvalue weighted by Crippen LogP contribution is 2.45. The first kappa shape index (κ1) is 33.1. The number of benzene rings is 8. The van der Waals surface area contributed by atoms with Crippen molar-refractivity contribution in [2.75, 3.05) is 9.80 Å². The molecule has 0 unspecified atom stereocenters. The zero-order chi connectivity index (χ0) is 36.3. The SMILES string of the molecule is CC(C)(C)c1ccc(N(c2cccc(N(c3ccc4ccc5ccccc5c4c3)c3ccc4oc5ccccc5c4c3)c2)c2cccc(Cl)c2Cl)cc1. The first-order valence-electron chi connectivity index (χ1n) is 17.8. The molecule has 0 aliphatic rings. The lowest BCUT2D eigenvalue weighted by molar-refractivity contribution is 0.590. The Kier molecular flexibility index (Phi) is 8.15. The van der Waals surface area contributed by atoms with Crippen molar-refractivity contribution < 1.29 is 4.42 Å². The average Bonchev–Trinajstić information content (AvgIpc) is 3.55. The van der Waals surface area contributed by atoms with E-state index in [0.717, 1.165) is 56.1 Å². The Morgan fingerprint density at radius 3 is 1.77 bits per heavy atom. The molecule has 0 aliphatic heterocycles. The molecule has 0 fully saturated rings. The minimum absolute atomic E-state index is 0.0179. The first-order valence-corrected chi connectivity index (χ1v) is 18.6. The quantitative estimate of drug-likeness (QED) is 0.159. The second-order valence-corrected chi connectivity index (χ2v) is 15.3. The third kappa shape index (κ3) is 5.96. The van der Waals surface area contributed by atoms with E-state index in [2.05, 4.69) is 164 Å². The Morgan fingerprint density at radius 1 is 0.434 bits per heavy atom. The number of anilines is 6. The molecule has 0 saturated carbocycles. The van der Waals surface area contributed by atoms with Crippen LogP contribution in [0.3, 0.4) is 0 Å². The summed E-state index contributed by atoms with van der Waals surface area (Å²) < 4.78 is 6.25. The summed E-state index contributed by atoms with van der Waals surface area (Å²) >= 11 is 13.6. The average molecular weight is 728 g/mol. The number of nitrogens with zero attached hydrogens (tertiary/aromatic N) is 2. The van der Waals surface area contributed by atoms with Crippen LogP contribution in [0, 0.1) is 0 Å². The number of halogens is 2. The van der Waals surface area contributed by atoms with E-state index in [-0.39, 0.29) is 5.41 Å². The maximum atomic E-state index is 6.99. The van der Waals surface area contributed by atoms with E-state index in [1.807, 2.05) is 30.3 Å². The molecule has 5 heteroatoms. The zero-order valence-electron chi connectivity index (χ0n) is 29.6. The van der Waals surface area contributed by atoms with Gasteiger partial charge in [0.2, 0.25) is 0 Å². The summed E-state index contributed by atoms with van der Waals surface area (Å²) in [5, 5.41) is 7.97. The van der Waals surface area contributed by atoms with Gasteiger partial charge < -0.3 is 14.2 Å². The topological polar surface area (TPSA) is 19.6 Å². The Hall–Kier alpha value is -5.74. The van der Waals surface area contributed by atoms with Gasteiger partial charge in [-0.2, -0.15) is 0 Å². The van der Waals surface area contributed by atoms with Crippen LogP contribution in [0.5, 0.6) is 0 Å². The van der Waals surface area contributed by atoms with Gasteiger partial charge in [0.15, 0.2) is 0 Å². The number of fused-ring (bicyclic) bond motifs is 6. The summed E-state index contributed by atoms with van der Waals surface area (Å²) in [4.78, 5) is 4.51. The van der Waals surface area contributed by atoms with Crippen molar-refractivity contribution in [3.8, 4) is 0 Å². The van der Waals surface area contributed by atoms with Crippen LogP contribution in [0.25, 0.3) is 43.5 Å². The molecule has 1 heterocycles. The van der Waals surface area contributed by atoms with Gasteiger partial charge in [0.1, 0.15) is 11.2 Å². The summed E-state index contributed by atoms with van der Waals surface area (Å²) in [7, 11) is 0. The fraction of sp³-hybridized carbons (Fsp3) is 0.0833. The van der Waals surface area contributed by atoms with Crippen molar-refractivity contribution in [2.45, 2.75) is 26.2 Å². The normalized spacial score (nSPS) is 11.9. The highest BCUT2D eigenvalue weighted by Gasteiger charge is 2.22. The molecule has 3 nitrogen and oxygen atoms in total. The van der Waals surface area contributed by atoms with Gasteiger partial charge in [-0.05, 0) is 111 Å². The van der Waals surface area contributed by atoms with E-state index in [1.54, 1.807) is 0 Å². The van der Waals surface area contributed by atoms with Crippen molar-refractivity contribution in [1.29, 1.82) is 0 Å². The second-order valence-electron chi connectivity index (χ2n) is 14.5. The summed E-state index contributed by atoms with van der Waals surface area (Å²) in [6.45, 7) is 6.68. The maximum Gasteiger partial charge on any atom is 0.135 e. The molecule has 0 spiro atoms. The standard InChI is InChI=1S/C48H36Cl2N2O/c1-48(2,3)33-21-24-34(25-22-33)52(44-16-9-15-43(49)47(44)50)36-12-8-11-35(28-36)51(38-26-27-46-42(30-38)40-14-6-7-17-45(40)53-46)37-23-20-32-19-18-31-10-4-5-13-39(31)41(32)29-37/h4-30H,1-3H3. The van der Waals surface area contributed by atoms with Gasteiger partial charge in [-0.25, -0.2) is 0 Å². The number of furan rings is 1. The Bertz CT molecular complexity index is 2810. The van der Waals surface area contributed by atoms with Gasteiger partial charge in [-0.3, -0.25) is 0 Å². The van der Waals surface area contributed by atoms with Crippen LogP contribution in [0.15, 0.2) is 168 Å². The molecule has 0 atom stereocenters. The molecule has 9 rings (SSSR count). The van der Waals surface area contributed by atoms with Crippen LogP contribution in [0.1, 0.15) is 26.3 Å². The van der Waals surface area contributed by atoms with Crippen LogP contribution < -0.4 is 9.80 Å². The molecular formula is C48H36Cl2N2O. The predicted octanol–water partition coefficient (Wildman–Crippen LogP) is 15.4. The van der Waals surface area contributed by atoms with Crippen LogP contribution in [0.4, 0.5) is 34.1 Å². The van der Waals surface area contributed by atoms with Gasteiger partial charge in [0, 0.05) is 39.2 Å². The maximum absolute atomic E-state index is 6.99. The molecule has 0 aliphatic carbocycles. The molecule has 0 N–H and O–H groups in total. The molecule has 258 valence electrons. The zero-order valence-corrected chi connectivity index (χ0v) is 31.2. The van der Waals surface area contributed by atoms with Crippen molar-refractivity contribution in [1.82, 2.24) is 0 Å². The Labute approximate surface area is 319 Å². The molecule has 0 radical (unpaired) electrons. The van der Waals surface area contributed by atoms with Crippen LogP contribution in [-0.2, 0) is 5.41 Å². The van der Waals surface area contributed by atoms with Crippen molar-refractivity contribution in [3.63, 3.8) is 0 Å². The summed E-state index contributed by atoms with van der Waals surface area (Å²) in [5.74, 6) is 0. The lowest BCUT2D eigenvalue weighted by atomic mass is 9.87.